The van der Waals surface area contributed by atoms with Gasteiger partial charge in [0.15, 0.2) is 5.58 Å². The van der Waals surface area contributed by atoms with Gasteiger partial charge in [0.2, 0.25) is 0 Å². The van der Waals surface area contributed by atoms with E-state index in [2.05, 4.69) is 0 Å². The molecule has 0 aliphatic heterocycles. The summed E-state index contributed by atoms with van der Waals surface area (Å²) in [5.41, 5.74) is 1.09. The van der Waals surface area contributed by atoms with Gasteiger partial charge >= 0.3 is 11.7 Å². The summed E-state index contributed by atoms with van der Waals surface area (Å²) in [5.74, 6) is -0.447. The molecule has 106 valence electrons. The van der Waals surface area contributed by atoms with Crippen LogP contribution in [0.3, 0.4) is 0 Å². The van der Waals surface area contributed by atoms with Crippen LogP contribution in [0.2, 0.25) is 0 Å². The highest BCUT2D eigenvalue weighted by atomic mass is 16.5. The predicted molar refractivity (Wildman–Crippen MR) is 73.5 cm³/mol. The van der Waals surface area contributed by atoms with Crippen LogP contribution in [-0.4, -0.2) is 16.6 Å². The second kappa shape index (κ2) is 4.81. The Bertz CT molecular complexity index is 695. The Labute approximate surface area is 116 Å². The normalized spacial score (nSPS) is 17.9. The minimum absolute atomic E-state index is 0.0844. The average Bonchev–Trinajstić information content (AvgIpc) is 3.20. The lowest BCUT2D eigenvalue weighted by Gasteiger charge is -2.16. The molecule has 2 unspecified atom stereocenters. The van der Waals surface area contributed by atoms with Crippen LogP contribution >= 0.6 is 0 Å². The van der Waals surface area contributed by atoms with Crippen LogP contribution in [0.1, 0.15) is 32.7 Å². The van der Waals surface area contributed by atoms with Crippen molar-refractivity contribution in [2.24, 2.45) is 5.92 Å². The molecule has 2 aromatic rings. The highest BCUT2D eigenvalue weighted by Crippen LogP contribution is 2.34. The van der Waals surface area contributed by atoms with Crippen molar-refractivity contribution in [1.82, 2.24) is 4.57 Å². The Balaban J connectivity index is 1.87. The van der Waals surface area contributed by atoms with E-state index < -0.39 is 17.8 Å². The number of fused-ring (bicyclic) bond motifs is 1. The monoisotopic (exact) mass is 275 g/mol. The van der Waals surface area contributed by atoms with E-state index in [1.165, 1.54) is 4.57 Å². The smallest absolute Gasteiger partial charge is 0.420 e. The first-order valence-electron chi connectivity index (χ1n) is 6.88. The van der Waals surface area contributed by atoms with Crippen LogP contribution in [0, 0.1) is 5.92 Å². The fourth-order valence-corrected chi connectivity index (χ4v) is 2.40. The summed E-state index contributed by atoms with van der Waals surface area (Å²) in [6.45, 7) is 3.56. The Morgan fingerprint density at radius 2 is 2.05 bits per heavy atom. The number of hydrogen-bond donors (Lipinski definition) is 0. The number of oxazole rings is 1. The third-order valence-corrected chi connectivity index (χ3v) is 3.84. The zero-order valence-corrected chi connectivity index (χ0v) is 11.5. The molecule has 1 saturated carbocycles. The first-order valence-corrected chi connectivity index (χ1v) is 6.88. The van der Waals surface area contributed by atoms with Gasteiger partial charge in [-0.05, 0) is 44.7 Å². The molecule has 2 atom stereocenters. The molecule has 0 amide bonds. The molecular weight excluding hydrogens is 258 g/mol. The van der Waals surface area contributed by atoms with Crippen LogP contribution in [0.15, 0.2) is 33.5 Å². The van der Waals surface area contributed by atoms with Crippen molar-refractivity contribution in [2.75, 3.05) is 0 Å². The number of carbonyl (C=O) groups excluding carboxylic acids is 1. The van der Waals surface area contributed by atoms with Gasteiger partial charge in [-0.1, -0.05) is 12.1 Å². The number of aromatic nitrogens is 1. The number of ether oxygens (including phenoxy) is 1. The minimum atomic E-state index is -0.688. The molecular formula is C15H17NO4. The second-order valence-corrected chi connectivity index (χ2v) is 5.36. The number of rotatable bonds is 4. The lowest BCUT2D eigenvalue weighted by molar-refractivity contribution is -0.152. The molecule has 1 aromatic carbocycles. The zero-order valence-electron chi connectivity index (χ0n) is 11.5. The van der Waals surface area contributed by atoms with Gasteiger partial charge in [0, 0.05) is 0 Å². The third-order valence-electron chi connectivity index (χ3n) is 3.84. The van der Waals surface area contributed by atoms with E-state index in [1.807, 2.05) is 6.92 Å². The molecule has 1 heterocycles. The molecule has 20 heavy (non-hydrogen) atoms. The van der Waals surface area contributed by atoms with Crippen molar-refractivity contribution >= 4 is 17.1 Å². The van der Waals surface area contributed by atoms with Crippen LogP contribution in [0.25, 0.3) is 11.1 Å². The molecule has 0 saturated heterocycles. The molecule has 0 bridgehead atoms. The van der Waals surface area contributed by atoms with Gasteiger partial charge in [-0.3, -0.25) is 4.57 Å². The van der Waals surface area contributed by atoms with Crippen LogP contribution in [0.4, 0.5) is 0 Å². The number of nitrogens with zero attached hydrogens (tertiary/aromatic N) is 1. The highest BCUT2D eigenvalue weighted by Gasteiger charge is 2.32. The summed E-state index contributed by atoms with van der Waals surface area (Å²) < 4.78 is 11.9. The van der Waals surface area contributed by atoms with Crippen molar-refractivity contribution < 1.29 is 13.9 Å². The van der Waals surface area contributed by atoms with E-state index in [0.29, 0.717) is 17.0 Å². The van der Waals surface area contributed by atoms with Crippen molar-refractivity contribution in [2.45, 2.75) is 38.8 Å². The van der Waals surface area contributed by atoms with Gasteiger partial charge in [-0.2, -0.15) is 0 Å². The van der Waals surface area contributed by atoms with Gasteiger partial charge in [0.1, 0.15) is 12.1 Å². The largest absolute Gasteiger partial charge is 0.461 e. The first-order chi connectivity index (χ1) is 9.58. The Morgan fingerprint density at radius 1 is 1.35 bits per heavy atom. The molecule has 1 aliphatic carbocycles. The maximum absolute atomic E-state index is 12.2. The van der Waals surface area contributed by atoms with Gasteiger partial charge in [-0.15, -0.1) is 0 Å². The molecule has 1 fully saturated rings. The maximum atomic E-state index is 12.2. The SMILES string of the molecule is CC(OC(=O)C(C)n1c(=O)oc2ccccc21)C1CC1. The zero-order chi connectivity index (χ0) is 14.3. The fraction of sp³-hybridized carbons (Fsp3) is 0.467. The average molecular weight is 275 g/mol. The summed E-state index contributed by atoms with van der Waals surface area (Å²) in [6, 6.07) is 6.37. The van der Waals surface area contributed by atoms with E-state index in [1.54, 1.807) is 31.2 Å². The summed E-state index contributed by atoms with van der Waals surface area (Å²) in [7, 11) is 0. The number of carbonyl (C=O) groups is 1. The van der Waals surface area contributed by atoms with E-state index in [9.17, 15) is 9.59 Å². The lowest BCUT2D eigenvalue weighted by atomic mass is 10.2. The minimum Gasteiger partial charge on any atom is -0.461 e. The Hall–Kier alpha value is -2.04. The van der Waals surface area contributed by atoms with E-state index in [-0.39, 0.29) is 6.10 Å². The lowest BCUT2D eigenvalue weighted by Crippen LogP contribution is -2.29. The van der Waals surface area contributed by atoms with Crippen molar-refractivity contribution in [3.05, 3.63) is 34.8 Å². The standard InChI is InChI=1S/C15H17NO4/c1-9(14(17)19-10(2)11-7-8-11)16-12-5-3-4-6-13(12)20-15(16)18/h3-6,9-11H,7-8H2,1-2H3. The Morgan fingerprint density at radius 3 is 2.75 bits per heavy atom. The van der Waals surface area contributed by atoms with E-state index >= 15 is 0 Å². The second-order valence-electron chi connectivity index (χ2n) is 5.36. The molecule has 1 aromatic heterocycles. The number of hydrogen-bond acceptors (Lipinski definition) is 4. The third kappa shape index (κ3) is 2.24. The molecule has 0 N–H and O–H groups in total. The molecule has 3 rings (SSSR count). The van der Waals surface area contributed by atoms with Crippen molar-refractivity contribution in [3.8, 4) is 0 Å². The summed E-state index contributed by atoms with van der Waals surface area (Å²) in [6.07, 6.45) is 2.13. The summed E-state index contributed by atoms with van der Waals surface area (Å²) >= 11 is 0. The quantitative estimate of drug-likeness (QED) is 0.804. The molecule has 5 heteroatoms. The molecule has 0 radical (unpaired) electrons. The van der Waals surface area contributed by atoms with E-state index in [4.69, 9.17) is 9.15 Å². The van der Waals surface area contributed by atoms with Crippen molar-refractivity contribution in [3.63, 3.8) is 0 Å². The number of esters is 1. The van der Waals surface area contributed by atoms with Gasteiger partial charge in [0.05, 0.1) is 5.52 Å². The summed E-state index contributed by atoms with van der Waals surface area (Å²) in [5, 5.41) is 0. The van der Waals surface area contributed by atoms with Crippen molar-refractivity contribution in [1.29, 1.82) is 0 Å². The van der Waals surface area contributed by atoms with Gasteiger partial charge < -0.3 is 9.15 Å². The predicted octanol–water partition coefficient (Wildman–Crippen LogP) is 2.50. The number of benzene rings is 1. The molecule has 5 nitrogen and oxygen atoms in total. The van der Waals surface area contributed by atoms with Crippen LogP contribution in [-0.2, 0) is 9.53 Å². The molecule has 0 spiro atoms. The first kappa shape index (κ1) is 13.0. The molecule has 1 aliphatic rings. The number of para-hydroxylation sites is 2. The van der Waals surface area contributed by atoms with Gasteiger partial charge in [0.25, 0.3) is 0 Å². The van der Waals surface area contributed by atoms with Gasteiger partial charge in [-0.25, -0.2) is 9.59 Å². The summed E-state index contributed by atoms with van der Waals surface area (Å²) in [4.78, 5) is 24.1. The van der Waals surface area contributed by atoms with Crippen LogP contribution < -0.4 is 5.76 Å². The fourth-order valence-electron chi connectivity index (χ4n) is 2.40. The highest BCUT2D eigenvalue weighted by molar-refractivity contribution is 5.79. The topological polar surface area (TPSA) is 61.4 Å². The Kier molecular flexibility index (Phi) is 3.12. The van der Waals surface area contributed by atoms with E-state index in [0.717, 1.165) is 12.8 Å². The maximum Gasteiger partial charge on any atom is 0.420 e. The van der Waals surface area contributed by atoms with Crippen LogP contribution in [0.5, 0.6) is 0 Å².